The fourth-order valence-corrected chi connectivity index (χ4v) is 2.83. The van der Waals surface area contributed by atoms with E-state index in [0.29, 0.717) is 0 Å². The number of hydrogen-bond acceptors (Lipinski definition) is 2. The van der Waals surface area contributed by atoms with Crippen LogP contribution in [0.2, 0.25) is 0 Å². The average molecular weight is 311 g/mol. The molecule has 1 atom stereocenters. The molecule has 1 fully saturated rings. The Morgan fingerprint density at radius 1 is 1.10 bits per heavy atom. The maximum absolute atomic E-state index is 12.3. The molecule has 0 bridgehead atoms. The monoisotopic (exact) mass is 310 g/mol. The second-order valence-corrected chi connectivity index (χ2v) is 5.94. The van der Waals surface area contributed by atoms with E-state index < -0.39 is 0 Å². The summed E-state index contributed by atoms with van der Waals surface area (Å²) < 4.78 is 0. The van der Waals surface area contributed by atoms with Crippen LogP contribution in [0.15, 0.2) is 24.3 Å². The summed E-state index contributed by atoms with van der Waals surface area (Å²) >= 11 is 0. The van der Waals surface area contributed by atoms with Crippen LogP contribution < -0.4 is 11.1 Å². The van der Waals surface area contributed by atoms with Crippen LogP contribution in [0.4, 0.5) is 5.69 Å². The van der Waals surface area contributed by atoms with Gasteiger partial charge in [-0.1, -0.05) is 44.2 Å². The molecule has 0 radical (unpaired) electrons. The zero-order valence-corrected chi connectivity index (χ0v) is 13.6. The standard InChI is InChI=1S/C17H26N2O.ClH/c1-13(18)14-9-11-16(12-10-14)19-17(20)15-7-5-3-2-4-6-8-15;/h9-13,15H,2-8,18H2,1H3,(H,19,20);1H. The van der Waals surface area contributed by atoms with Crippen molar-refractivity contribution in [2.45, 2.75) is 57.9 Å². The molecule has 1 aromatic rings. The SMILES string of the molecule is CC(N)c1ccc(NC(=O)C2CCCCCCC2)cc1.Cl. The highest BCUT2D eigenvalue weighted by atomic mass is 35.5. The Labute approximate surface area is 134 Å². The van der Waals surface area contributed by atoms with Gasteiger partial charge in [0.15, 0.2) is 0 Å². The number of carbonyl (C=O) groups excluding carboxylic acids is 1. The molecule has 1 saturated carbocycles. The van der Waals surface area contributed by atoms with Crippen LogP contribution >= 0.6 is 12.4 Å². The minimum Gasteiger partial charge on any atom is -0.326 e. The molecular formula is C17H27ClN2O. The molecule has 1 unspecified atom stereocenters. The third kappa shape index (κ3) is 5.68. The van der Waals surface area contributed by atoms with E-state index in [0.717, 1.165) is 24.1 Å². The van der Waals surface area contributed by atoms with Gasteiger partial charge in [0, 0.05) is 17.6 Å². The summed E-state index contributed by atoms with van der Waals surface area (Å²) in [5.74, 6) is 0.365. The Hall–Kier alpha value is -1.06. The summed E-state index contributed by atoms with van der Waals surface area (Å²) in [5, 5.41) is 3.05. The molecule has 0 aromatic heterocycles. The van der Waals surface area contributed by atoms with Gasteiger partial charge in [-0.05, 0) is 37.5 Å². The molecule has 0 heterocycles. The zero-order valence-electron chi connectivity index (χ0n) is 12.8. The lowest BCUT2D eigenvalue weighted by atomic mass is 9.90. The largest absolute Gasteiger partial charge is 0.326 e. The van der Waals surface area contributed by atoms with Crippen LogP contribution in [0.3, 0.4) is 0 Å². The molecule has 1 amide bonds. The number of hydrogen-bond donors (Lipinski definition) is 2. The van der Waals surface area contributed by atoms with Gasteiger partial charge < -0.3 is 11.1 Å². The molecule has 0 aliphatic heterocycles. The van der Waals surface area contributed by atoms with Crippen LogP contribution in [0, 0.1) is 5.92 Å². The van der Waals surface area contributed by atoms with Crippen molar-refractivity contribution < 1.29 is 4.79 Å². The summed E-state index contributed by atoms with van der Waals surface area (Å²) in [7, 11) is 0. The lowest BCUT2D eigenvalue weighted by Gasteiger charge is -2.19. The molecular weight excluding hydrogens is 284 g/mol. The minimum atomic E-state index is 0. The summed E-state index contributed by atoms with van der Waals surface area (Å²) in [6.07, 6.45) is 8.30. The van der Waals surface area contributed by atoms with Gasteiger partial charge in [-0.15, -0.1) is 12.4 Å². The first-order valence-electron chi connectivity index (χ1n) is 7.83. The van der Waals surface area contributed by atoms with Crippen molar-refractivity contribution in [2.75, 3.05) is 5.32 Å². The molecule has 1 aliphatic rings. The van der Waals surface area contributed by atoms with Gasteiger partial charge in [0.05, 0.1) is 0 Å². The maximum atomic E-state index is 12.3. The van der Waals surface area contributed by atoms with Crippen molar-refractivity contribution in [2.24, 2.45) is 11.7 Å². The molecule has 3 nitrogen and oxygen atoms in total. The van der Waals surface area contributed by atoms with Crippen LogP contribution in [-0.2, 0) is 4.79 Å². The average Bonchev–Trinajstić information content (AvgIpc) is 2.38. The molecule has 1 aliphatic carbocycles. The second-order valence-electron chi connectivity index (χ2n) is 5.94. The first kappa shape index (κ1) is 18.0. The predicted molar refractivity (Wildman–Crippen MR) is 90.7 cm³/mol. The highest BCUT2D eigenvalue weighted by molar-refractivity contribution is 5.92. The van der Waals surface area contributed by atoms with Crippen molar-refractivity contribution in [3.63, 3.8) is 0 Å². The number of anilines is 1. The van der Waals surface area contributed by atoms with E-state index in [2.05, 4.69) is 5.32 Å². The van der Waals surface area contributed by atoms with Gasteiger partial charge in [-0.25, -0.2) is 0 Å². The number of rotatable bonds is 3. The number of halogens is 1. The quantitative estimate of drug-likeness (QED) is 0.868. The second kappa shape index (κ2) is 9.06. The fraction of sp³-hybridized carbons (Fsp3) is 0.588. The Morgan fingerprint density at radius 2 is 1.62 bits per heavy atom. The molecule has 0 spiro atoms. The van der Waals surface area contributed by atoms with E-state index >= 15 is 0 Å². The highest BCUT2D eigenvalue weighted by Crippen LogP contribution is 2.24. The van der Waals surface area contributed by atoms with E-state index in [4.69, 9.17) is 5.73 Å². The first-order valence-corrected chi connectivity index (χ1v) is 7.83. The summed E-state index contributed by atoms with van der Waals surface area (Å²) in [6, 6.07) is 7.89. The number of benzene rings is 1. The van der Waals surface area contributed by atoms with Crippen molar-refractivity contribution in [1.82, 2.24) is 0 Å². The number of amides is 1. The Bertz CT molecular complexity index is 423. The molecule has 4 heteroatoms. The smallest absolute Gasteiger partial charge is 0.227 e. The van der Waals surface area contributed by atoms with Gasteiger partial charge in [0.2, 0.25) is 5.91 Å². The lowest BCUT2D eigenvalue weighted by Crippen LogP contribution is -2.23. The van der Waals surface area contributed by atoms with Gasteiger partial charge in [-0.3, -0.25) is 4.79 Å². The summed E-state index contributed by atoms with van der Waals surface area (Å²) in [6.45, 7) is 1.96. The van der Waals surface area contributed by atoms with E-state index in [1.165, 1.54) is 32.1 Å². The van der Waals surface area contributed by atoms with Gasteiger partial charge in [0.1, 0.15) is 0 Å². The molecule has 21 heavy (non-hydrogen) atoms. The lowest BCUT2D eigenvalue weighted by molar-refractivity contribution is -0.120. The predicted octanol–water partition coefficient (Wildman–Crippen LogP) is 4.43. The Morgan fingerprint density at radius 3 is 2.14 bits per heavy atom. The van der Waals surface area contributed by atoms with Crippen LogP contribution in [-0.4, -0.2) is 5.91 Å². The Balaban J connectivity index is 0.00000220. The minimum absolute atomic E-state index is 0. The molecule has 0 saturated heterocycles. The van der Waals surface area contributed by atoms with E-state index in [-0.39, 0.29) is 30.3 Å². The van der Waals surface area contributed by atoms with Crippen LogP contribution in [0.5, 0.6) is 0 Å². The van der Waals surface area contributed by atoms with E-state index in [9.17, 15) is 4.79 Å². The van der Waals surface area contributed by atoms with Crippen molar-refractivity contribution in [3.05, 3.63) is 29.8 Å². The molecule has 1 aromatic carbocycles. The molecule has 2 rings (SSSR count). The number of nitrogens with one attached hydrogen (secondary N) is 1. The number of carbonyl (C=O) groups is 1. The maximum Gasteiger partial charge on any atom is 0.227 e. The van der Waals surface area contributed by atoms with E-state index in [1.807, 2.05) is 31.2 Å². The number of nitrogens with two attached hydrogens (primary N) is 1. The molecule has 3 N–H and O–H groups in total. The summed E-state index contributed by atoms with van der Waals surface area (Å²) in [5.41, 5.74) is 7.79. The van der Waals surface area contributed by atoms with Crippen LogP contribution in [0.1, 0.15) is 63.5 Å². The van der Waals surface area contributed by atoms with Gasteiger partial charge >= 0.3 is 0 Å². The molecule has 118 valence electrons. The normalized spacial score (nSPS) is 18.0. The van der Waals surface area contributed by atoms with E-state index in [1.54, 1.807) is 0 Å². The highest BCUT2D eigenvalue weighted by Gasteiger charge is 2.19. The third-order valence-electron chi connectivity index (χ3n) is 4.18. The van der Waals surface area contributed by atoms with Crippen LogP contribution in [0.25, 0.3) is 0 Å². The van der Waals surface area contributed by atoms with Crippen molar-refractivity contribution in [3.8, 4) is 0 Å². The van der Waals surface area contributed by atoms with Crippen molar-refractivity contribution >= 4 is 24.0 Å². The zero-order chi connectivity index (χ0) is 14.4. The Kier molecular flexibility index (Phi) is 7.76. The van der Waals surface area contributed by atoms with Gasteiger partial charge in [-0.2, -0.15) is 0 Å². The summed E-state index contributed by atoms with van der Waals surface area (Å²) in [4.78, 5) is 12.3. The third-order valence-corrected chi connectivity index (χ3v) is 4.18. The van der Waals surface area contributed by atoms with Crippen molar-refractivity contribution in [1.29, 1.82) is 0 Å². The topological polar surface area (TPSA) is 55.1 Å². The fourth-order valence-electron chi connectivity index (χ4n) is 2.83. The van der Waals surface area contributed by atoms with Gasteiger partial charge in [0.25, 0.3) is 0 Å². The first-order chi connectivity index (χ1) is 9.66.